The molecule has 2 N–H and O–H groups in total. The minimum atomic E-state index is -0.399. The summed E-state index contributed by atoms with van der Waals surface area (Å²) >= 11 is 0. The summed E-state index contributed by atoms with van der Waals surface area (Å²) in [5.41, 5.74) is 3.37. The van der Waals surface area contributed by atoms with Crippen LogP contribution in [0.4, 0.5) is 15.9 Å². The van der Waals surface area contributed by atoms with Gasteiger partial charge in [0.15, 0.2) is 5.82 Å². The predicted molar refractivity (Wildman–Crippen MR) is 139 cm³/mol. The highest BCUT2D eigenvalue weighted by Crippen LogP contribution is 2.37. The van der Waals surface area contributed by atoms with Gasteiger partial charge in [-0.2, -0.15) is 5.10 Å². The van der Waals surface area contributed by atoms with Gasteiger partial charge in [-0.1, -0.05) is 0 Å². The maximum Gasteiger partial charge on any atom is 0.156 e. The number of halogens is 1. The van der Waals surface area contributed by atoms with E-state index in [9.17, 15) is 0 Å². The van der Waals surface area contributed by atoms with Crippen molar-refractivity contribution < 1.29 is 13.9 Å². The van der Waals surface area contributed by atoms with Crippen LogP contribution >= 0.6 is 0 Å². The fourth-order valence-electron chi connectivity index (χ4n) is 4.59. The molecule has 2 aromatic carbocycles. The number of anilines is 2. The molecule has 1 fully saturated rings. The van der Waals surface area contributed by atoms with Crippen LogP contribution < -0.4 is 15.4 Å². The molecule has 0 amide bonds. The van der Waals surface area contributed by atoms with Gasteiger partial charge in [0.25, 0.3) is 0 Å². The number of rotatable bonds is 6. The standard InChI is InChI=1S/C27H26FN7O2/c1-16(23-14-36-9-8-30-23)37-24-11-17(18-12-33-35(2)13-18)10-22-25(24)27(32-15-31-22)34-21-6-5-20-19(26(21)28)4-3-7-29-20/h3-7,10-13,15-16,23,30H,8-9,14H2,1-2H3,(H,31,32,34)/t16-,23+/m1/s1. The van der Waals surface area contributed by atoms with E-state index in [2.05, 4.69) is 30.7 Å². The first kappa shape index (κ1) is 23.3. The van der Waals surface area contributed by atoms with E-state index in [0.29, 0.717) is 46.6 Å². The summed E-state index contributed by atoms with van der Waals surface area (Å²) in [6.07, 6.45) is 6.63. The summed E-state index contributed by atoms with van der Waals surface area (Å²) in [5.74, 6) is 0.630. The number of ether oxygens (including phenoxy) is 2. The van der Waals surface area contributed by atoms with E-state index in [4.69, 9.17) is 9.47 Å². The lowest BCUT2D eigenvalue weighted by Crippen LogP contribution is -2.49. The lowest BCUT2D eigenvalue weighted by atomic mass is 10.1. The molecular weight excluding hydrogens is 473 g/mol. The van der Waals surface area contributed by atoms with Crippen molar-refractivity contribution in [3.05, 3.63) is 67.1 Å². The molecule has 1 aliphatic rings. The molecule has 0 saturated carbocycles. The monoisotopic (exact) mass is 499 g/mol. The number of aromatic nitrogens is 5. The Hall–Kier alpha value is -4.15. The molecule has 37 heavy (non-hydrogen) atoms. The van der Waals surface area contributed by atoms with E-state index in [1.807, 2.05) is 32.3 Å². The lowest BCUT2D eigenvalue weighted by molar-refractivity contribution is 0.0342. The number of nitrogens with zero attached hydrogens (tertiary/aromatic N) is 5. The van der Waals surface area contributed by atoms with Crippen molar-refractivity contribution in [2.24, 2.45) is 7.05 Å². The molecule has 0 aliphatic carbocycles. The topological polar surface area (TPSA) is 99.0 Å². The van der Waals surface area contributed by atoms with Gasteiger partial charge in [0.05, 0.1) is 47.6 Å². The molecule has 2 atom stereocenters. The Balaban J connectivity index is 1.45. The zero-order chi connectivity index (χ0) is 25.4. The van der Waals surface area contributed by atoms with Gasteiger partial charge in [-0.15, -0.1) is 0 Å². The number of pyridine rings is 1. The van der Waals surface area contributed by atoms with Crippen molar-refractivity contribution in [2.45, 2.75) is 19.1 Å². The second-order valence-corrected chi connectivity index (χ2v) is 9.07. The van der Waals surface area contributed by atoms with E-state index in [1.165, 1.54) is 6.33 Å². The van der Waals surface area contributed by atoms with Crippen LogP contribution in [0.2, 0.25) is 0 Å². The Bertz CT molecular complexity index is 1580. The van der Waals surface area contributed by atoms with Gasteiger partial charge in [0, 0.05) is 36.9 Å². The zero-order valence-electron chi connectivity index (χ0n) is 20.5. The molecule has 4 heterocycles. The van der Waals surface area contributed by atoms with E-state index in [-0.39, 0.29) is 17.8 Å². The van der Waals surface area contributed by atoms with Crippen LogP contribution in [-0.4, -0.2) is 56.6 Å². The Morgan fingerprint density at radius 2 is 2.08 bits per heavy atom. The van der Waals surface area contributed by atoms with Crippen molar-refractivity contribution >= 4 is 33.3 Å². The van der Waals surface area contributed by atoms with Crippen LogP contribution in [0, 0.1) is 5.82 Å². The van der Waals surface area contributed by atoms with Gasteiger partial charge in [-0.05, 0) is 48.9 Å². The smallest absolute Gasteiger partial charge is 0.156 e. The molecule has 0 spiro atoms. The van der Waals surface area contributed by atoms with Crippen LogP contribution in [0.3, 0.4) is 0 Å². The first-order valence-corrected chi connectivity index (χ1v) is 12.1. The van der Waals surface area contributed by atoms with Crippen LogP contribution in [0.15, 0.2) is 61.3 Å². The zero-order valence-corrected chi connectivity index (χ0v) is 20.5. The third-order valence-corrected chi connectivity index (χ3v) is 6.54. The summed E-state index contributed by atoms with van der Waals surface area (Å²) in [6, 6.07) is 10.8. The van der Waals surface area contributed by atoms with Gasteiger partial charge in [-0.25, -0.2) is 14.4 Å². The van der Waals surface area contributed by atoms with Crippen molar-refractivity contribution in [3.8, 4) is 16.9 Å². The Kier molecular flexibility index (Phi) is 6.11. The summed E-state index contributed by atoms with van der Waals surface area (Å²) < 4.78 is 29.3. The highest BCUT2D eigenvalue weighted by atomic mass is 19.1. The van der Waals surface area contributed by atoms with E-state index >= 15 is 4.39 Å². The maximum atomic E-state index is 15.4. The van der Waals surface area contributed by atoms with Gasteiger partial charge in [-0.3, -0.25) is 9.67 Å². The maximum absolute atomic E-state index is 15.4. The SMILES string of the molecule is C[C@@H](Oc1cc(-c2cnn(C)c2)cc2ncnc(Nc3ccc4ncccc4c3F)c12)[C@@H]1COCCN1. The number of hydrogen-bond acceptors (Lipinski definition) is 8. The number of aryl methyl sites for hydroxylation is 1. The van der Waals surface area contributed by atoms with Crippen LogP contribution in [-0.2, 0) is 11.8 Å². The third kappa shape index (κ3) is 4.56. The predicted octanol–water partition coefficient (Wildman–Crippen LogP) is 4.22. The summed E-state index contributed by atoms with van der Waals surface area (Å²) in [4.78, 5) is 13.2. The molecule has 5 aromatic rings. The highest BCUT2D eigenvalue weighted by Gasteiger charge is 2.24. The molecular formula is C27H26FN7O2. The molecule has 9 nitrogen and oxygen atoms in total. The second kappa shape index (κ2) is 9.72. The molecule has 1 saturated heterocycles. The number of fused-ring (bicyclic) bond motifs is 2. The largest absolute Gasteiger partial charge is 0.488 e. The molecule has 0 unspecified atom stereocenters. The average Bonchev–Trinajstić information content (AvgIpc) is 3.37. The van der Waals surface area contributed by atoms with Crippen LogP contribution in [0.25, 0.3) is 32.9 Å². The minimum absolute atomic E-state index is 0.0253. The van der Waals surface area contributed by atoms with Crippen LogP contribution in [0.1, 0.15) is 6.92 Å². The average molecular weight is 500 g/mol. The Morgan fingerprint density at radius 1 is 1.16 bits per heavy atom. The molecule has 188 valence electrons. The van der Waals surface area contributed by atoms with Crippen molar-refractivity contribution in [2.75, 3.05) is 25.1 Å². The summed E-state index contributed by atoms with van der Waals surface area (Å²) in [7, 11) is 1.87. The number of nitrogens with one attached hydrogen (secondary N) is 2. The third-order valence-electron chi connectivity index (χ3n) is 6.54. The molecule has 0 bridgehead atoms. The van der Waals surface area contributed by atoms with E-state index in [1.54, 1.807) is 41.3 Å². The number of morpholine rings is 1. The fourth-order valence-corrected chi connectivity index (χ4v) is 4.59. The number of benzene rings is 2. The molecule has 3 aromatic heterocycles. The minimum Gasteiger partial charge on any atom is -0.488 e. The van der Waals surface area contributed by atoms with E-state index in [0.717, 1.165) is 17.7 Å². The van der Waals surface area contributed by atoms with Crippen molar-refractivity contribution in [1.29, 1.82) is 0 Å². The normalized spacial score (nSPS) is 16.7. The van der Waals surface area contributed by atoms with Crippen molar-refractivity contribution in [1.82, 2.24) is 30.0 Å². The van der Waals surface area contributed by atoms with E-state index < -0.39 is 5.82 Å². The first-order chi connectivity index (χ1) is 18.1. The van der Waals surface area contributed by atoms with Gasteiger partial charge >= 0.3 is 0 Å². The highest BCUT2D eigenvalue weighted by molar-refractivity contribution is 5.99. The molecule has 0 radical (unpaired) electrons. The molecule has 1 aliphatic heterocycles. The fraction of sp³-hybridized carbons (Fsp3) is 0.259. The molecule has 6 rings (SSSR count). The van der Waals surface area contributed by atoms with Gasteiger partial charge < -0.3 is 20.1 Å². The quantitative estimate of drug-likeness (QED) is 0.358. The van der Waals surface area contributed by atoms with Crippen molar-refractivity contribution in [3.63, 3.8) is 0 Å². The Labute approximate surface area is 212 Å². The lowest BCUT2D eigenvalue weighted by Gasteiger charge is -2.30. The summed E-state index contributed by atoms with van der Waals surface area (Å²) in [6.45, 7) is 4.00. The molecule has 10 heteroatoms. The number of hydrogen-bond donors (Lipinski definition) is 2. The second-order valence-electron chi connectivity index (χ2n) is 9.07. The van der Waals surface area contributed by atoms with Gasteiger partial charge in [0.2, 0.25) is 0 Å². The first-order valence-electron chi connectivity index (χ1n) is 12.1. The van der Waals surface area contributed by atoms with Crippen LogP contribution in [0.5, 0.6) is 5.75 Å². The summed E-state index contributed by atoms with van der Waals surface area (Å²) in [5, 5.41) is 12.0. The van der Waals surface area contributed by atoms with Gasteiger partial charge in [0.1, 0.15) is 24.0 Å². The Morgan fingerprint density at radius 3 is 2.89 bits per heavy atom.